The normalized spacial score (nSPS) is 13.9. The van der Waals surface area contributed by atoms with E-state index in [1.54, 1.807) is 22.3 Å². The molecule has 0 radical (unpaired) electrons. The number of carbonyl (C=O) groups excluding carboxylic acids is 2. The lowest BCUT2D eigenvalue weighted by Crippen LogP contribution is -2.45. The summed E-state index contributed by atoms with van der Waals surface area (Å²) in [6.07, 6.45) is 0. The minimum absolute atomic E-state index is 0.0637. The van der Waals surface area contributed by atoms with E-state index in [0.717, 1.165) is 9.47 Å². The first-order valence-electron chi connectivity index (χ1n) is 7.15. The second-order valence-electron chi connectivity index (χ2n) is 5.42. The number of thiophene rings is 1. The average molecular weight is 394 g/mol. The van der Waals surface area contributed by atoms with Crippen LogP contribution in [-0.2, 0) is 16.1 Å². The summed E-state index contributed by atoms with van der Waals surface area (Å²) in [6, 6.07) is 11.4. The van der Waals surface area contributed by atoms with E-state index >= 15 is 0 Å². The molecule has 5 nitrogen and oxygen atoms in total. The average Bonchev–Trinajstić information content (AvgIpc) is 2.91. The Labute approximate surface area is 147 Å². The predicted molar refractivity (Wildman–Crippen MR) is 95.8 cm³/mol. The number of hydrogen-bond acceptors (Lipinski definition) is 4. The Hall–Kier alpha value is -1.70. The van der Waals surface area contributed by atoms with Crippen LogP contribution in [0.2, 0.25) is 0 Å². The SMILES string of the molecule is CN(CC(=O)N1CC(=O)Nc2ccccc21)Cc1ccc(Br)s1. The summed E-state index contributed by atoms with van der Waals surface area (Å²) in [5.74, 6) is -0.243. The van der Waals surface area contributed by atoms with E-state index < -0.39 is 0 Å². The minimum atomic E-state index is -0.165. The Bertz CT molecular complexity index is 746. The molecule has 0 atom stereocenters. The maximum absolute atomic E-state index is 12.6. The van der Waals surface area contributed by atoms with Gasteiger partial charge in [-0.1, -0.05) is 12.1 Å². The predicted octanol–water partition coefficient (Wildman–Crippen LogP) is 2.93. The van der Waals surface area contributed by atoms with Gasteiger partial charge in [0, 0.05) is 11.4 Å². The number of likely N-dealkylation sites (N-methyl/N-ethyl adjacent to an activating group) is 1. The second-order valence-corrected chi connectivity index (χ2v) is 7.97. The lowest BCUT2D eigenvalue weighted by Gasteiger charge is -2.30. The van der Waals surface area contributed by atoms with Crippen LogP contribution < -0.4 is 10.2 Å². The van der Waals surface area contributed by atoms with Crippen molar-refractivity contribution in [2.45, 2.75) is 6.54 Å². The Morgan fingerprint density at radius 3 is 2.87 bits per heavy atom. The Balaban J connectivity index is 1.69. The maximum Gasteiger partial charge on any atom is 0.244 e. The van der Waals surface area contributed by atoms with Crippen molar-refractivity contribution in [1.82, 2.24) is 4.90 Å². The Kier molecular flexibility index (Phi) is 4.79. The molecular formula is C16H16BrN3O2S. The van der Waals surface area contributed by atoms with Crippen molar-refractivity contribution in [2.24, 2.45) is 0 Å². The minimum Gasteiger partial charge on any atom is -0.323 e. The number of hydrogen-bond donors (Lipinski definition) is 1. The lowest BCUT2D eigenvalue weighted by atomic mass is 10.2. The summed E-state index contributed by atoms with van der Waals surface area (Å²) in [6.45, 7) is 1.02. The van der Waals surface area contributed by atoms with Gasteiger partial charge < -0.3 is 5.32 Å². The quantitative estimate of drug-likeness (QED) is 0.868. The smallest absolute Gasteiger partial charge is 0.244 e. The van der Waals surface area contributed by atoms with E-state index in [9.17, 15) is 9.59 Å². The maximum atomic E-state index is 12.6. The molecule has 1 aliphatic rings. The molecule has 1 aliphatic heterocycles. The first-order valence-corrected chi connectivity index (χ1v) is 8.76. The molecule has 120 valence electrons. The van der Waals surface area contributed by atoms with Gasteiger partial charge in [0.1, 0.15) is 6.54 Å². The lowest BCUT2D eigenvalue weighted by molar-refractivity contribution is -0.122. The first-order chi connectivity index (χ1) is 11.0. The van der Waals surface area contributed by atoms with Crippen molar-refractivity contribution in [3.8, 4) is 0 Å². The van der Waals surface area contributed by atoms with Crippen molar-refractivity contribution in [3.05, 3.63) is 45.1 Å². The number of halogens is 1. The number of anilines is 2. The van der Waals surface area contributed by atoms with Gasteiger partial charge in [-0.05, 0) is 47.2 Å². The van der Waals surface area contributed by atoms with Gasteiger partial charge in [-0.25, -0.2) is 0 Å². The van der Waals surface area contributed by atoms with Gasteiger partial charge in [0.2, 0.25) is 11.8 Å². The number of fused-ring (bicyclic) bond motifs is 1. The molecule has 1 N–H and O–H groups in total. The van der Waals surface area contributed by atoms with E-state index in [1.807, 2.05) is 42.3 Å². The molecule has 2 aromatic rings. The zero-order valence-corrected chi connectivity index (χ0v) is 15.0. The molecule has 0 saturated carbocycles. The summed E-state index contributed by atoms with van der Waals surface area (Å²) in [5, 5.41) is 2.79. The molecule has 0 aliphatic carbocycles. The van der Waals surface area contributed by atoms with Gasteiger partial charge in [0.15, 0.2) is 0 Å². The topological polar surface area (TPSA) is 52.7 Å². The molecule has 0 fully saturated rings. The largest absolute Gasteiger partial charge is 0.323 e. The van der Waals surface area contributed by atoms with Crippen LogP contribution in [0.25, 0.3) is 0 Å². The van der Waals surface area contributed by atoms with Crippen LogP contribution in [0.4, 0.5) is 11.4 Å². The van der Waals surface area contributed by atoms with E-state index in [-0.39, 0.29) is 24.9 Å². The van der Waals surface area contributed by atoms with Gasteiger partial charge in [0.05, 0.1) is 21.7 Å². The van der Waals surface area contributed by atoms with Crippen molar-refractivity contribution < 1.29 is 9.59 Å². The van der Waals surface area contributed by atoms with Gasteiger partial charge >= 0.3 is 0 Å². The third kappa shape index (κ3) is 3.80. The number of para-hydroxylation sites is 2. The van der Waals surface area contributed by atoms with E-state index in [1.165, 1.54) is 4.88 Å². The highest BCUT2D eigenvalue weighted by molar-refractivity contribution is 9.11. The summed E-state index contributed by atoms with van der Waals surface area (Å²) in [7, 11) is 1.90. The highest BCUT2D eigenvalue weighted by atomic mass is 79.9. The molecule has 0 bridgehead atoms. The van der Waals surface area contributed by atoms with Crippen LogP contribution in [0, 0.1) is 0 Å². The highest BCUT2D eigenvalue weighted by Crippen LogP contribution is 2.29. The molecule has 1 aromatic heterocycles. The fourth-order valence-electron chi connectivity index (χ4n) is 2.53. The summed E-state index contributed by atoms with van der Waals surface area (Å²) < 4.78 is 1.08. The van der Waals surface area contributed by atoms with E-state index in [4.69, 9.17) is 0 Å². The zero-order valence-electron chi connectivity index (χ0n) is 12.6. The molecular weight excluding hydrogens is 378 g/mol. The van der Waals surface area contributed by atoms with Gasteiger partial charge in [0.25, 0.3) is 0 Å². The van der Waals surface area contributed by atoms with Crippen molar-refractivity contribution in [1.29, 1.82) is 0 Å². The highest BCUT2D eigenvalue weighted by Gasteiger charge is 2.27. The number of benzene rings is 1. The summed E-state index contributed by atoms with van der Waals surface area (Å²) in [5.41, 5.74) is 1.44. The van der Waals surface area contributed by atoms with Gasteiger partial charge in [-0.3, -0.25) is 19.4 Å². The van der Waals surface area contributed by atoms with Crippen molar-refractivity contribution >= 4 is 50.5 Å². The van der Waals surface area contributed by atoms with E-state index in [2.05, 4.69) is 21.2 Å². The number of rotatable bonds is 4. The fraction of sp³-hybridized carbons (Fsp3) is 0.250. The van der Waals surface area contributed by atoms with Crippen LogP contribution >= 0.6 is 27.3 Å². The molecule has 23 heavy (non-hydrogen) atoms. The third-order valence-electron chi connectivity index (χ3n) is 3.53. The van der Waals surface area contributed by atoms with E-state index in [0.29, 0.717) is 12.2 Å². The molecule has 2 amide bonds. The van der Waals surface area contributed by atoms with Crippen molar-refractivity contribution in [3.63, 3.8) is 0 Å². The van der Waals surface area contributed by atoms with Gasteiger partial charge in [-0.2, -0.15) is 0 Å². The number of amides is 2. The number of nitrogens with one attached hydrogen (secondary N) is 1. The van der Waals surface area contributed by atoms with Crippen molar-refractivity contribution in [2.75, 3.05) is 30.4 Å². The fourth-order valence-corrected chi connectivity index (χ4v) is 4.09. The number of nitrogens with zero attached hydrogens (tertiary/aromatic N) is 2. The third-order valence-corrected chi connectivity index (χ3v) is 5.14. The monoisotopic (exact) mass is 393 g/mol. The summed E-state index contributed by atoms with van der Waals surface area (Å²) >= 11 is 5.09. The Morgan fingerprint density at radius 2 is 2.13 bits per heavy atom. The Morgan fingerprint density at radius 1 is 1.35 bits per heavy atom. The zero-order chi connectivity index (χ0) is 16.4. The second kappa shape index (κ2) is 6.82. The molecule has 3 rings (SSSR count). The molecule has 0 spiro atoms. The standard InChI is InChI=1S/C16H16BrN3O2S/c1-19(8-11-6-7-14(17)23-11)10-16(22)20-9-15(21)18-12-4-2-3-5-13(12)20/h2-7H,8-10H2,1H3,(H,18,21). The molecule has 0 unspecified atom stereocenters. The van der Waals surface area contributed by atoms with Crippen LogP contribution in [0.5, 0.6) is 0 Å². The van der Waals surface area contributed by atoms with Gasteiger partial charge in [-0.15, -0.1) is 11.3 Å². The summed E-state index contributed by atoms with van der Waals surface area (Å²) in [4.78, 5) is 29.1. The number of carbonyl (C=O) groups is 2. The molecule has 0 saturated heterocycles. The molecule has 2 heterocycles. The van der Waals surface area contributed by atoms with Crippen LogP contribution in [0.3, 0.4) is 0 Å². The van der Waals surface area contributed by atoms with Crippen LogP contribution in [-0.4, -0.2) is 36.9 Å². The molecule has 7 heteroatoms. The van der Waals surface area contributed by atoms with Crippen LogP contribution in [0.15, 0.2) is 40.2 Å². The molecule has 1 aromatic carbocycles. The van der Waals surface area contributed by atoms with Crippen LogP contribution in [0.1, 0.15) is 4.88 Å². The first kappa shape index (κ1) is 16.2.